The Balaban J connectivity index is 1.89. The molecule has 0 bridgehead atoms. The van der Waals surface area contributed by atoms with Gasteiger partial charge in [0, 0.05) is 13.1 Å². The quantitative estimate of drug-likeness (QED) is 0.523. The summed E-state index contributed by atoms with van der Waals surface area (Å²) in [4.78, 5) is 34.6. The maximum atomic E-state index is 12.2. The topological polar surface area (TPSA) is 124 Å². The second-order valence-corrected chi connectivity index (χ2v) is 6.16. The van der Waals surface area contributed by atoms with E-state index in [1.165, 1.54) is 0 Å². The van der Waals surface area contributed by atoms with Crippen molar-refractivity contribution < 1.29 is 0 Å². The summed E-state index contributed by atoms with van der Waals surface area (Å²) in [7, 11) is 0. The average Bonchev–Trinajstić information content (AvgIpc) is 3.10. The summed E-state index contributed by atoms with van der Waals surface area (Å²) in [6.07, 6.45) is 2.24. The maximum Gasteiger partial charge on any atom is 0.349 e. The van der Waals surface area contributed by atoms with Crippen LogP contribution in [0.15, 0.2) is 28.0 Å². The van der Waals surface area contributed by atoms with Crippen molar-refractivity contribution in [2.75, 3.05) is 0 Å². The van der Waals surface area contributed by atoms with Crippen LogP contribution in [0.1, 0.15) is 17.5 Å². The third kappa shape index (κ3) is 2.75. The van der Waals surface area contributed by atoms with Gasteiger partial charge in [-0.3, -0.25) is 9.78 Å². The third-order valence-electron chi connectivity index (χ3n) is 4.38. The molecule has 0 spiro atoms. The number of H-pyrrole nitrogens is 1. The van der Waals surface area contributed by atoms with Crippen LogP contribution in [0.4, 0.5) is 0 Å². The number of hydrogen-bond donors (Lipinski definition) is 1. The van der Waals surface area contributed by atoms with Crippen molar-refractivity contribution in [2.45, 2.75) is 33.4 Å². The first-order valence-corrected chi connectivity index (χ1v) is 8.15. The number of aryl methyl sites for hydroxylation is 4. The Morgan fingerprint density at radius 2 is 1.88 bits per heavy atom. The van der Waals surface area contributed by atoms with Gasteiger partial charge < -0.3 is 4.57 Å². The zero-order valence-corrected chi connectivity index (χ0v) is 14.3. The van der Waals surface area contributed by atoms with E-state index < -0.39 is 11.2 Å². The van der Waals surface area contributed by atoms with Crippen molar-refractivity contribution in [1.82, 2.24) is 39.7 Å². The predicted molar refractivity (Wildman–Crippen MR) is 92.9 cm³/mol. The average molecular weight is 352 g/mol. The molecular weight excluding hydrogens is 336 g/mol. The van der Waals surface area contributed by atoms with Gasteiger partial charge in [0.15, 0.2) is 11.5 Å². The first kappa shape index (κ1) is 16.1. The summed E-state index contributed by atoms with van der Waals surface area (Å²) in [6.45, 7) is 5.14. The first-order chi connectivity index (χ1) is 12.5. The van der Waals surface area contributed by atoms with Crippen LogP contribution in [0.3, 0.4) is 0 Å². The molecule has 132 valence electrons. The van der Waals surface area contributed by atoms with E-state index >= 15 is 0 Å². The highest BCUT2D eigenvalue weighted by Crippen LogP contribution is 2.24. The summed E-state index contributed by atoms with van der Waals surface area (Å²) in [5.41, 5.74) is 2.64. The van der Waals surface area contributed by atoms with Gasteiger partial charge in [0.2, 0.25) is 0 Å². The minimum Gasteiger partial charge on any atom is -0.322 e. The molecule has 0 fully saturated rings. The molecule has 0 aliphatic carbocycles. The lowest BCUT2D eigenvalue weighted by molar-refractivity contribution is 0.518. The number of aromatic amines is 1. The molecule has 1 aromatic heterocycles. The highest BCUT2D eigenvalue weighted by atomic mass is 16.2. The molecule has 0 atom stereocenters. The standard InChI is InChI=1S/C16H16N8O2/c1-9-6-11-12(7-10(9)2)24(5-3-4-23-8-17-21-22-23)14-13(18-11)15(25)20-16(26)19-14/h6-8H,3-5H2,1-2H3,(H,20,25,26). The Kier molecular flexibility index (Phi) is 3.79. The van der Waals surface area contributed by atoms with E-state index in [2.05, 4.69) is 30.5 Å². The van der Waals surface area contributed by atoms with E-state index in [-0.39, 0.29) is 11.5 Å². The van der Waals surface area contributed by atoms with E-state index in [1.807, 2.05) is 30.5 Å². The Morgan fingerprint density at radius 1 is 1.08 bits per heavy atom. The van der Waals surface area contributed by atoms with E-state index in [4.69, 9.17) is 0 Å². The molecule has 2 aliphatic heterocycles. The van der Waals surface area contributed by atoms with Crippen LogP contribution in [-0.4, -0.2) is 39.7 Å². The monoisotopic (exact) mass is 352 g/mol. The van der Waals surface area contributed by atoms with Gasteiger partial charge in [-0.2, -0.15) is 4.98 Å². The van der Waals surface area contributed by atoms with Gasteiger partial charge in [-0.15, -0.1) is 5.10 Å². The van der Waals surface area contributed by atoms with E-state index in [9.17, 15) is 9.59 Å². The molecule has 2 aromatic rings. The van der Waals surface area contributed by atoms with Gasteiger partial charge in [0.1, 0.15) is 6.33 Å². The SMILES string of the molecule is Cc1cc2nc3c(=O)[nH]c(=O)nc-3n(CCCn3cnnn3)c2cc1C. The van der Waals surface area contributed by atoms with Gasteiger partial charge in [0.05, 0.1) is 11.0 Å². The summed E-state index contributed by atoms with van der Waals surface area (Å²) < 4.78 is 3.49. The Morgan fingerprint density at radius 3 is 2.65 bits per heavy atom. The summed E-state index contributed by atoms with van der Waals surface area (Å²) in [5.74, 6) is 0.284. The molecule has 0 unspecified atom stereocenters. The maximum absolute atomic E-state index is 12.2. The summed E-state index contributed by atoms with van der Waals surface area (Å²) in [5, 5.41) is 11.1. The van der Waals surface area contributed by atoms with Crippen LogP contribution in [0.2, 0.25) is 0 Å². The minimum atomic E-state index is -0.679. The number of rotatable bonds is 4. The number of fused-ring (bicyclic) bond motifs is 2. The lowest BCUT2D eigenvalue weighted by atomic mass is 10.1. The lowest BCUT2D eigenvalue weighted by Gasteiger charge is -2.17. The van der Waals surface area contributed by atoms with Crippen molar-refractivity contribution >= 4 is 11.0 Å². The van der Waals surface area contributed by atoms with E-state index in [0.717, 1.165) is 16.6 Å². The molecule has 1 aromatic carbocycles. The Bertz CT molecular complexity index is 1180. The smallest absolute Gasteiger partial charge is 0.322 e. The number of nitrogens with zero attached hydrogens (tertiary/aromatic N) is 7. The van der Waals surface area contributed by atoms with Crippen LogP contribution in [0, 0.1) is 13.8 Å². The highest BCUT2D eigenvalue weighted by molar-refractivity contribution is 5.81. The van der Waals surface area contributed by atoms with Gasteiger partial charge in [-0.25, -0.2) is 14.5 Å². The molecule has 10 heteroatoms. The molecule has 2 aliphatic rings. The number of benzene rings is 1. The molecule has 0 amide bonds. The zero-order chi connectivity index (χ0) is 18.3. The second-order valence-electron chi connectivity index (χ2n) is 6.16. The van der Waals surface area contributed by atoms with Crippen LogP contribution >= 0.6 is 0 Å². The number of nitrogens with one attached hydrogen (secondary N) is 1. The Hall–Kier alpha value is -3.43. The fraction of sp³-hybridized carbons (Fsp3) is 0.312. The van der Waals surface area contributed by atoms with Crippen molar-refractivity contribution in [1.29, 1.82) is 0 Å². The van der Waals surface area contributed by atoms with Crippen molar-refractivity contribution in [3.05, 3.63) is 50.4 Å². The number of hydrogen-bond acceptors (Lipinski definition) is 7. The van der Waals surface area contributed by atoms with Gasteiger partial charge in [0.25, 0.3) is 5.56 Å². The largest absolute Gasteiger partial charge is 0.349 e. The summed E-state index contributed by atoms with van der Waals surface area (Å²) in [6, 6.07) is 3.94. The lowest BCUT2D eigenvalue weighted by Crippen LogP contribution is -2.29. The molecule has 0 radical (unpaired) electrons. The molecule has 26 heavy (non-hydrogen) atoms. The molecule has 0 saturated heterocycles. The van der Waals surface area contributed by atoms with Crippen molar-refractivity contribution in [2.24, 2.45) is 0 Å². The third-order valence-corrected chi connectivity index (χ3v) is 4.38. The molecule has 10 nitrogen and oxygen atoms in total. The van der Waals surface area contributed by atoms with Gasteiger partial charge in [-0.1, -0.05) is 0 Å². The van der Waals surface area contributed by atoms with Crippen LogP contribution in [0.5, 0.6) is 0 Å². The second kappa shape index (κ2) is 6.14. The fourth-order valence-corrected chi connectivity index (χ4v) is 2.95. The molecule has 4 rings (SSSR count). The van der Waals surface area contributed by atoms with Crippen molar-refractivity contribution in [3.63, 3.8) is 0 Å². The van der Waals surface area contributed by atoms with Crippen molar-refractivity contribution in [3.8, 4) is 11.5 Å². The molecule has 1 N–H and O–H groups in total. The van der Waals surface area contributed by atoms with E-state index in [1.54, 1.807) is 11.0 Å². The molecular formula is C16H16N8O2. The van der Waals surface area contributed by atoms with Crippen LogP contribution < -0.4 is 11.2 Å². The van der Waals surface area contributed by atoms with Gasteiger partial charge >= 0.3 is 5.69 Å². The van der Waals surface area contributed by atoms with Crippen LogP contribution in [-0.2, 0) is 13.1 Å². The zero-order valence-electron chi connectivity index (χ0n) is 14.3. The first-order valence-electron chi connectivity index (χ1n) is 8.15. The van der Waals surface area contributed by atoms with E-state index in [0.29, 0.717) is 25.0 Å². The van der Waals surface area contributed by atoms with Gasteiger partial charge in [-0.05, 0) is 54.0 Å². The minimum absolute atomic E-state index is 0.155. The molecule has 3 heterocycles. The predicted octanol–water partition coefficient (Wildman–Crippen LogP) is 0.278. The number of aromatic nitrogens is 8. The van der Waals surface area contributed by atoms with Crippen LogP contribution in [0.25, 0.3) is 22.6 Å². The normalized spacial score (nSPS) is 11.5. The molecule has 0 saturated carbocycles. The Labute approximate surface area is 146 Å². The highest BCUT2D eigenvalue weighted by Gasteiger charge is 2.19. The summed E-state index contributed by atoms with van der Waals surface area (Å²) >= 11 is 0. The fourth-order valence-electron chi connectivity index (χ4n) is 2.95. The number of tetrazole rings is 1.